The van der Waals surface area contributed by atoms with Crippen LogP contribution in [0.2, 0.25) is 0 Å². The first-order valence-corrected chi connectivity index (χ1v) is 17.4. The molecule has 0 rings (SSSR count). The highest BCUT2D eigenvalue weighted by atomic mass is 16.6. The summed E-state index contributed by atoms with van der Waals surface area (Å²) in [7, 11) is 0. The van der Waals surface area contributed by atoms with Crippen molar-refractivity contribution in [1.29, 1.82) is 0 Å². The summed E-state index contributed by atoms with van der Waals surface area (Å²) in [5, 5.41) is 19.7. The third-order valence-electron chi connectivity index (χ3n) is 7.09. The summed E-state index contributed by atoms with van der Waals surface area (Å²) in [6.45, 7) is 3.99. The molecule has 6 heteroatoms. The number of esters is 2. The third-order valence-corrected chi connectivity index (χ3v) is 7.09. The first kappa shape index (κ1) is 41.6. The summed E-state index contributed by atoms with van der Waals surface area (Å²) < 4.78 is 10.2. The first-order chi connectivity index (χ1) is 21.5. The fraction of sp³-hybridized carbons (Fsp3) is 0.684. The predicted octanol–water partition coefficient (Wildman–Crippen LogP) is 9.42. The van der Waals surface area contributed by atoms with Crippen molar-refractivity contribution in [1.82, 2.24) is 0 Å². The van der Waals surface area contributed by atoms with E-state index >= 15 is 0 Å². The van der Waals surface area contributed by atoms with Gasteiger partial charge in [-0.3, -0.25) is 9.59 Å². The van der Waals surface area contributed by atoms with Gasteiger partial charge >= 0.3 is 11.9 Å². The van der Waals surface area contributed by atoms with E-state index in [0.717, 1.165) is 44.9 Å². The molecule has 0 amide bonds. The van der Waals surface area contributed by atoms with Gasteiger partial charge in [0.25, 0.3) is 0 Å². The Morgan fingerprint density at radius 2 is 1.09 bits per heavy atom. The maximum Gasteiger partial charge on any atom is 0.305 e. The third kappa shape index (κ3) is 32.5. The molecule has 0 aromatic heterocycles. The molecule has 0 aromatic carbocycles. The largest absolute Gasteiger partial charge is 0.463 e. The lowest BCUT2D eigenvalue weighted by Gasteiger charge is -2.12. The van der Waals surface area contributed by atoms with Crippen molar-refractivity contribution in [2.45, 2.75) is 154 Å². The Bertz CT molecular complexity index is 810. The van der Waals surface area contributed by atoms with E-state index in [1.807, 2.05) is 37.3 Å². The minimum atomic E-state index is -0.997. The number of carbonyl (C=O) groups excluding carboxylic acids is 2. The maximum absolute atomic E-state index is 11.9. The SMILES string of the molecule is CC/C=C\C(O)C/C=C/C=C\C/C=C\C/C=C\CCCC(=O)OC[C@@H](O)COC(=O)CCCCCCCCCCCCCC. The molecule has 0 saturated heterocycles. The normalized spacial score (nSPS) is 13.6. The van der Waals surface area contributed by atoms with Gasteiger partial charge in [0.15, 0.2) is 0 Å². The number of ether oxygens (including phenoxy) is 2. The summed E-state index contributed by atoms with van der Waals surface area (Å²) in [5.41, 5.74) is 0. The Hall–Kier alpha value is -2.44. The van der Waals surface area contributed by atoms with E-state index in [1.54, 1.807) is 0 Å². The number of carbonyl (C=O) groups is 2. The molecule has 0 fully saturated rings. The monoisotopic (exact) mass is 616 g/mol. The van der Waals surface area contributed by atoms with Gasteiger partial charge in [0.1, 0.15) is 19.3 Å². The summed E-state index contributed by atoms with van der Waals surface area (Å²) in [6, 6.07) is 0. The quantitative estimate of drug-likeness (QED) is 0.0361. The number of rotatable bonds is 30. The lowest BCUT2D eigenvalue weighted by Crippen LogP contribution is -2.25. The predicted molar refractivity (Wildman–Crippen MR) is 183 cm³/mol. The molecule has 0 aliphatic heterocycles. The zero-order valence-electron chi connectivity index (χ0n) is 28.0. The van der Waals surface area contributed by atoms with Gasteiger partial charge in [0, 0.05) is 12.8 Å². The summed E-state index contributed by atoms with van der Waals surface area (Å²) in [6.07, 6.45) is 39.0. The van der Waals surface area contributed by atoms with Crippen LogP contribution in [0.3, 0.4) is 0 Å². The van der Waals surface area contributed by atoms with Crippen LogP contribution in [0.15, 0.2) is 60.8 Å². The van der Waals surface area contributed by atoms with Gasteiger partial charge in [0.2, 0.25) is 0 Å². The fourth-order valence-corrected chi connectivity index (χ4v) is 4.43. The summed E-state index contributed by atoms with van der Waals surface area (Å²) in [4.78, 5) is 23.8. The average molecular weight is 617 g/mol. The van der Waals surface area contributed by atoms with Crippen LogP contribution in [0, 0.1) is 0 Å². The number of hydrogen-bond acceptors (Lipinski definition) is 6. The molecule has 6 nitrogen and oxygen atoms in total. The average Bonchev–Trinajstić information content (AvgIpc) is 3.02. The number of unbranched alkanes of at least 4 members (excludes halogenated alkanes) is 12. The van der Waals surface area contributed by atoms with E-state index < -0.39 is 12.2 Å². The van der Waals surface area contributed by atoms with Crippen LogP contribution in [0.1, 0.15) is 142 Å². The molecule has 1 unspecified atom stereocenters. The highest BCUT2D eigenvalue weighted by molar-refractivity contribution is 5.69. The van der Waals surface area contributed by atoms with E-state index in [1.165, 1.54) is 57.8 Å². The van der Waals surface area contributed by atoms with Crippen molar-refractivity contribution in [2.24, 2.45) is 0 Å². The van der Waals surface area contributed by atoms with Gasteiger partial charge in [-0.2, -0.15) is 0 Å². The molecule has 2 atom stereocenters. The Morgan fingerprint density at radius 3 is 1.68 bits per heavy atom. The highest BCUT2D eigenvalue weighted by Gasteiger charge is 2.12. The number of hydrogen-bond donors (Lipinski definition) is 2. The van der Waals surface area contributed by atoms with Crippen molar-refractivity contribution in [3.63, 3.8) is 0 Å². The lowest BCUT2D eigenvalue weighted by molar-refractivity contribution is -0.152. The van der Waals surface area contributed by atoms with Gasteiger partial charge in [0.05, 0.1) is 6.10 Å². The van der Waals surface area contributed by atoms with Crippen molar-refractivity contribution < 1.29 is 29.3 Å². The highest BCUT2D eigenvalue weighted by Crippen LogP contribution is 2.13. The fourth-order valence-electron chi connectivity index (χ4n) is 4.43. The second kappa shape index (κ2) is 33.5. The molecular weight excluding hydrogens is 552 g/mol. The molecule has 0 bridgehead atoms. The zero-order valence-corrected chi connectivity index (χ0v) is 28.0. The Kier molecular flexibility index (Phi) is 31.6. The molecule has 0 aliphatic carbocycles. The Labute approximate surface area is 269 Å². The van der Waals surface area contributed by atoms with Crippen LogP contribution < -0.4 is 0 Å². The van der Waals surface area contributed by atoms with Crippen molar-refractivity contribution in [3.05, 3.63) is 60.8 Å². The summed E-state index contributed by atoms with van der Waals surface area (Å²) in [5.74, 6) is -0.659. The zero-order chi connectivity index (χ0) is 32.4. The second-order valence-corrected chi connectivity index (χ2v) is 11.5. The molecule has 0 aliphatic rings. The van der Waals surface area contributed by atoms with E-state index in [9.17, 15) is 19.8 Å². The molecule has 44 heavy (non-hydrogen) atoms. The minimum absolute atomic E-state index is 0.145. The minimum Gasteiger partial charge on any atom is -0.463 e. The first-order valence-electron chi connectivity index (χ1n) is 17.4. The molecule has 0 spiro atoms. The molecule has 0 radical (unpaired) electrons. The van der Waals surface area contributed by atoms with E-state index in [4.69, 9.17) is 9.47 Å². The molecule has 252 valence electrons. The lowest BCUT2D eigenvalue weighted by atomic mass is 10.0. The van der Waals surface area contributed by atoms with Gasteiger partial charge in [-0.25, -0.2) is 0 Å². The standard InChI is InChI=1S/C38H64O6/c1-3-5-7-8-9-10-11-15-18-21-24-27-31-37(41)43-33-36(40)34-44-38(42)32-28-25-22-19-16-13-12-14-17-20-23-26-30-35(39)29-6-4-2/h6,12-13,17,19-20,22-23,26,29,35-36,39-40H,3-5,7-11,14-16,18,21,24-25,27-28,30-34H2,1-2H3/b13-12-,20-17-,22-19-,26-23+,29-6-/t35?,36-/m0/s1. The smallest absolute Gasteiger partial charge is 0.305 e. The number of aliphatic hydroxyl groups is 2. The summed E-state index contributed by atoms with van der Waals surface area (Å²) >= 11 is 0. The second-order valence-electron chi connectivity index (χ2n) is 11.5. The molecule has 0 saturated carbocycles. The van der Waals surface area contributed by atoms with Crippen molar-refractivity contribution >= 4 is 11.9 Å². The van der Waals surface area contributed by atoms with Gasteiger partial charge in [-0.05, 0) is 44.9 Å². The molecule has 2 N–H and O–H groups in total. The van der Waals surface area contributed by atoms with Gasteiger partial charge < -0.3 is 19.7 Å². The van der Waals surface area contributed by atoms with Crippen LogP contribution in [0.5, 0.6) is 0 Å². The van der Waals surface area contributed by atoms with E-state index in [-0.39, 0.29) is 31.6 Å². The molecular formula is C38H64O6. The number of allylic oxidation sites excluding steroid dienone is 8. The van der Waals surface area contributed by atoms with Crippen LogP contribution in [-0.2, 0) is 19.1 Å². The Morgan fingerprint density at radius 1 is 0.591 bits per heavy atom. The topological polar surface area (TPSA) is 93.1 Å². The maximum atomic E-state index is 11.9. The Balaban J connectivity index is 3.62. The molecule has 0 aromatic rings. The van der Waals surface area contributed by atoms with Crippen LogP contribution >= 0.6 is 0 Å². The van der Waals surface area contributed by atoms with Crippen LogP contribution in [0.4, 0.5) is 0 Å². The van der Waals surface area contributed by atoms with E-state index in [0.29, 0.717) is 19.3 Å². The van der Waals surface area contributed by atoms with E-state index in [2.05, 4.69) is 37.3 Å². The van der Waals surface area contributed by atoms with Gasteiger partial charge in [-0.15, -0.1) is 0 Å². The van der Waals surface area contributed by atoms with Crippen molar-refractivity contribution in [2.75, 3.05) is 13.2 Å². The van der Waals surface area contributed by atoms with Crippen molar-refractivity contribution in [3.8, 4) is 0 Å². The van der Waals surface area contributed by atoms with Crippen LogP contribution in [0.25, 0.3) is 0 Å². The number of aliphatic hydroxyl groups excluding tert-OH is 2. The van der Waals surface area contributed by atoms with Crippen LogP contribution in [-0.4, -0.2) is 47.6 Å². The van der Waals surface area contributed by atoms with Gasteiger partial charge in [-0.1, -0.05) is 145 Å². The molecule has 0 heterocycles.